The number of nitrogens with one attached hydrogen (secondary N) is 2. The Labute approximate surface area is 154 Å². The van der Waals surface area contributed by atoms with Gasteiger partial charge in [-0.3, -0.25) is 9.59 Å². The molecule has 0 bridgehead atoms. The highest BCUT2D eigenvalue weighted by Crippen LogP contribution is 2.20. The summed E-state index contributed by atoms with van der Waals surface area (Å²) in [4.78, 5) is 24.4. The van der Waals surface area contributed by atoms with E-state index in [9.17, 15) is 14.7 Å². The van der Waals surface area contributed by atoms with E-state index in [1.54, 1.807) is 58.2 Å². The molecule has 138 valence electrons. The third-order valence-corrected chi connectivity index (χ3v) is 4.30. The molecule has 0 heterocycles. The number of rotatable bonds is 6. The average Bonchev–Trinajstić information content (AvgIpc) is 2.61. The Morgan fingerprint density at radius 1 is 1.04 bits per heavy atom. The van der Waals surface area contributed by atoms with Gasteiger partial charge in [-0.05, 0) is 69.0 Å². The summed E-state index contributed by atoms with van der Waals surface area (Å²) in [5.41, 5.74) is 2.78. The van der Waals surface area contributed by atoms with Crippen molar-refractivity contribution < 1.29 is 14.7 Å². The van der Waals surface area contributed by atoms with Crippen molar-refractivity contribution in [3.8, 4) is 0 Å². The SMILES string of the molecule is CNC(=O)c1cccc(NC(=O)c2ccc(CCC(C)(C)O)cc2)c1C. The molecule has 5 heteroatoms. The maximum Gasteiger partial charge on any atom is 0.255 e. The molecule has 0 aliphatic carbocycles. The summed E-state index contributed by atoms with van der Waals surface area (Å²) in [5, 5.41) is 15.3. The summed E-state index contributed by atoms with van der Waals surface area (Å²) in [6, 6.07) is 12.6. The van der Waals surface area contributed by atoms with Crippen molar-refractivity contribution in [2.45, 2.75) is 39.2 Å². The lowest BCUT2D eigenvalue weighted by Crippen LogP contribution is -2.20. The number of hydrogen-bond acceptors (Lipinski definition) is 3. The van der Waals surface area contributed by atoms with Crippen LogP contribution in [0.25, 0.3) is 0 Å². The van der Waals surface area contributed by atoms with Gasteiger partial charge >= 0.3 is 0 Å². The summed E-state index contributed by atoms with van der Waals surface area (Å²) < 4.78 is 0. The smallest absolute Gasteiger partial charge is 0.255 e. The molecule has 0 saturated heterocycles. The van der Waals surface area contributed by atoms with Gasteiger partial charge in [0, 0.05) is 23.9 Å². The molecule has 2 aromatic rings. The predicted octanol–water partition coefficient (Wildman–Crippen LogP) is 3.31. The van der Waals surface area contributed by atoms with Gasteiger partial charge in [-0.1, -0.05) is 18.2 Å². The first-order chi connectivity index (χ1) is 12.2. The Morgan fingerprint density at radius 3 is 2.27 bits per heavy atom. The summed E-state index contributed by atoms with van der Waals surface area (Å²) in [6.07, 6.45) is 1.41. The minimum atomic E-state index is -0.705. The molecule has 0 unspecified atom stereocenters. The highest BCUT2D eigenvalue weighted by molar-refractivity contribution is 6.06. The van der Waals surface area contributed by atoms with Crippen molar-refractivity contribution in [2.24, 2.45) is 0 Å². The second-order valence-electron chi connectivity index (χ2n) is 7.02. The van der Waals surface area contributed by atoms with E-state index in [0.29, 0.717) is 23.2 Å². The van der Waals surface area contributed by atoms with Crippen LogP contribution in [0.3, 0.4) is 0 Å². The monoisotopic (exact) mass is 354 g/mol. The summed E-state index contributed by atoms with van der Waals surface area (Å²) >= 11 is 0. The average molecular weight is 354 g/mol. The van der Waals surface area contributed by atoms with Crippen molar-refractivity contribution in [2.75, 3.05) is 12.4 Å². The lowest BCUT2D eigenvalue weighted by atomic mass is 9.98. The molecule has 0 fully saturated rings. The van der Waals surface area contributed by atoms with Crippen LogP contribution in [0.5, 0.6) is 0 Å². The van der Waals surface area contributed by atoms with E-state index in [2.05, 4.69) is 10.6 Å². The van der Waals surface area contributed by atoms with Crippen LogP contribution in [0.1, 0.15) is 52.1 Å². The third kappa shape index (κ3) is 5.17. The number of carbonyl (C=O) groups is 2. The number of aliphatic hydroxyl groups is 1. The van der Waals surface area contributed by atoms with Crippen LogP contribution in [-0.4, -0.2) is 29.6 Å². The van der Waals surface area contributed by atoms with Crippen LogP contribution in [0.15, 0.2) is 42.5 Å². The standard InChI is InChI=1S/C21H26N2O3/c1-14-17(20(25)22-4)6-5-7-18(14)23-19(24)16-10-8-15(9-11-16)12-13-21(2,3)26/h5-11,26H,12-13H2,1-4H3,(H,22,25)(H,23,24). The fourth-order valence-corrected chi connectivity index (χ4v) is 2.62. The van der Waals surface area contributed by atoms with Gasteiger partial charge in [0.25, 0.3) is 11.8 Å². The van der Waals surface area contributed by atoms with E-state index in [4.69, 9.17) is 0 Å². The number of aryl methyl sites for hydroxylation is 1. The normalized spacial score (nSPS) is 11.1. The van der Waals surface area contributed by atoms with E-state index >= 15 is 0 Å². The predicted molar refractivity (Wildman–Crippen MR) is 104 cm³/mol. The fraction of sp³-hybridized carbons (Fsp3) is 0.333. The first-order valence-corrected chi connectivity index (χ1v) is 8.65. The Morgan fingerprint density at radius 2 is 1.69 bits per heavy atom. The lowest BCUT2D eigenvalue weighted by Gasteiger charge is -2.16. The van der Waals surface area contributed by atoms with Crippen molar-refractivity contribution in [1.29, 1.82) is 0 Å². The maximum absolute atomic E-state index is 12.5. The zero-order chi connectivity index (χ0) is 19.3. The first kappa shape index (κ1) is 19.7. The van der Waals surface area contributed by atoms with Gasteiger partial charge in [-0.2, -0.15) is 0 Å². The lowest BCUT2D eigenvalue weighted by molar-refractivity contribution is 0.0713. The highest BCUT2D eigenvalue weighted by Gasteiger charge is 2.14. The van der Waals surface area contributed by atoms with Crippen molar-refractivity contribution >= 4 is 17.5 Å². The molecule has 3 N–H and O–H groups in total. The maximum atomic E-state index is 12.5. The zero-order valence-corrected chi connectivity index (χ0v) is 15.7. The molecule has 5 nitrogen and oxygen atoms in total. The van der Waals surface area contributed by atoms with Gasteiger partial charge in [0.05, 0.1) is 5.60 Å². The minimum absolute atomic E-state index is 0.185. The van der Waals surface area contributed by atoms with E-state index in [-0.39, 0.29) is 11.8 Å². The Bertz CT molecular complexity index is 790. The number of carbonyl (C=O) groups excluding carboxylic acids is 2. The number of anilines is 1. The van der Waals surface area contributed by atoms with Crippen LogP contribution in [0.2, 0.25) is 0 Å². The second-order valence-corrected chi connectivity index (χ2v) is 7.02. The topological polar surface area (TPSA) is 78.4 Å². The molecular formula is C21H26N2O3. The zero-order valence-electron chi connectivity index (χ0n) is 15.7. The molecule has 0 radical (unpaired) electrons. The summed E-state index contributed by atoms with van der Waals surface area (Å²) in [7, 11) is 1.58. The van der Waals surface area contributed by atoms with Gasteiger partial charge in [-0.25, -0.2) is 0 Å². The third-order valence-electron chi connectivity index (χ3n) is 4.30. The molecule has 0 atom stereocenters. The van der Waals surface area contributed by atoms with Gasteiger partial charge in [0.15, 0.2) is 0 Å². The van der Waals surface area contributed by atoms with Crippen LogP contribution >= 0.6 is 0 Å². The van der Waals surface area contributed by atoms with E-state index in [1.165, 1.54) is 0 Å². The van der Waals surface area contributed by atoms with Crippen LogP contribution in [0.4, 0.5) is 5.69 Å². The quantitative estimate of drug-likeness (QED) is 0.745. The molecular weight excluding hydrogens is 328 g/mol. The van der Waals surface area contributed by atoms with Crippen LogP contribution in [0, 0.1) is 6.92 Å². The number of amides is 2. The fourth-order valence-electron chi connectivity index (χ4n) is 2.62. The minimum Gasteiger partial charge on any atom is -0.390 e. The number of hydrogen-bond donors (Lipinski definition) is 3. The molecule has 0 aliphatic rings. The highest BCUT2D eigenvalue weighted by atomic mass is 16.3. The molecule has 2 amide bonds. The molecule has 26 heavy (non-hydrogen) atoms. The van der Waals surface area contributed by atoms with Crippen molar-refractivity contribution in [1.82, 2.24) is 5.32 Å². The van der Waals surface area contributed by atoms with Gasteiger partial charge in [0.1, 0.15) is 0 Å². The van der Waals surface area contributed by atoms with Gasteiger partial charge < -0.3 is 15.7 Å². The summed E-state index contributed by atoms with van der Waals surface area (Å²) in [6.45, 7) is 5.37. The Hall–Kier alpha value is -2.66. The van der Waals surface area contributed by atoms with Crippen LogP contribution in [-0.2, 0) is 6.42 Å². The molecule has 0 aromatic heterocycles. The van der Waals surface area contributed by atoms with Crippen molar-refractivity contribution in [3.05, 3.63) is 64.7 Å². The van der Waals surface area contributed by atoms with Gasteiger partial charge in [-0.15, -0.1) is 0 Å². The van der Waals surface area contributed by atoms with E-state index in [1.807, 2.05) is 12.1 Å². The molecule has 0 spiro atoms. The van der Waals surface area contributed by atoms with Crippen molar-refractivity contribution in [3.63, 3.8) is 0 Å². The molecule has 0 saturated carbocycles. The van der Waals surface area contributed by atoms with Crippen LogP contribution < -0.4 is 10.6 Å². The summed E-state index contributed by atoms with van der Waals surface area (Å²) in [5.74, 6) is -0.411. The second kappa shape index (κ2) is 8.15. The van der Waals surface area contributed by atoms with Gasteiger partial charge in [0.2, 0.25) is 0 Å². The van der Waals surface area contributed by atoms with E-state index in [0.717, 1.165) is 17.5 Å². The first-order valence-electron chi connectivity index (χ1n) is 8.65. The molecule has 2 aromatic carbocycles. The largest absolute Gasteiger partial charge is 0.390 e. The van der Waals surface area contributed by atoms with E-state index < -0.39 is 5.60 Å². The Kier molecular flexibility index (Phi) is 6.16. The Balaban J connectivity index is 2.10. The molecule has 2 rings (SSSR count). The molecule has 0 aliphatic heterocycles. The number of benzene rings is 2.